The number of amides is 1. The Morgan fingerprint density at radius 3 is 2.00 bits per heavy atom. The van der Waals surface area contributed by atoms with Crippen LogP contribution in [0.2, 0.25) is 0 Å². The summed E-state index contributed by atoms with van der Waals surface area (Å²) >= 11 is 0. The Bertz CT molecular complexity index is 1070. The first-order chi connectivity index (χ1) is 13.7. The van der Waals surface area contributed by atoms with Gasteiger partial charge in [-0.15, -0.1) is 0 Å². The molecule has 0 aliphatic carbocycles. The lowest BCUT2D eigenvalue weighted by Gasteiger charge is -2.18. The number of ether oxygens (including phenoxy) is 2. The molecule has 0 radical (unpaired) electrons. The zero-order valence-corrected chi connectivity index (χ0v) is 15.7. The monoisotopic (exact) mass is 372 g/mol. The number of carbonyl (C=O) groups is 1. The van der Waals surface area contributed by atoms with E-state index in [0.29, 0.717) is 0 Å². The maximum Gasteiger partial charge on any atom is 0.244 e. The third-order valence-corrected chi connectivity index (χ3v) is 4.82. The summed E-state index contributed by atoms with van der Waals surface area (Å²) in [5, 5.41) is 4.03. The van der Waals surface area contributed by atoms with Crippen LogP contribution < -0.4 is 14.9 Å². The number of nitrogens with zero attached hydrogens (tertiary/aromatic N) is 1. The molecule has 0 saturated heterocycles. The number of para-hydroxylation sites is 2. The molecule has 3 aromatic rings. The molecule has 1 heterocycles. The zero-order valence-electron chi connectivity index (χ0n) is 15.7. The topological polar surface area (TPSA) is 59.9 Å². The number of hydrazone groups is 1. The number of methoxy groups -OCH3 is 2. The van der Waals surface area contributed by atoms with Gasteiger partial charge in [-0.05, 0) is 46.5 Å². The van der Waals surface area contributed by atoms with Gasteiger partial charge in [0, 0.05) is 11.1 Å². The van der Waals surface area contributed by atoms with Crippen LogP contribution in [-0.2, 0) is 11.2 Å². The molecule has 0 aromatic heterocycles. The standard InChI is InChI=1S/C23H20N2O3/c1-27-21-9-5-3-7-17(21)19-11-15-13-23(26)25-24-14-16(15)12-20(19)18-8-4-6-10-22(18)28-2/h3-12,14H,13H2,1-2H3,(H,25,26). The summed E-state index contributed by atoms with van der Waals surface area (Å²) in [4.78, 5) is 12.0. The fraction of sp³-hybridized carbons (Fsp3) is 0.130. The van der Waals surface area contributed by atoms with Gasteiger partial charge in [-0.1, -0.05) is 36.4 Å². The molecular weight excluding hydrogens is 352 g/mol. The molecule has 1 amide bonds. The minimum absolute atomic E-state index is 0.133. The molecule has 5 nitrogen and oxygen atoms in total. The van der Waals surface area contributed by atoms with E-state index in [4.69, 9.17) is 9.47 Å². The predicted molar refractivity (Wildman–Crippen MR) is 110 cm³/mol. The highest BCUT2D eigenvalue weighted by atomic mass is 16.5. The van der Waals surface area contributed by atoms with Gasteiger partial charge in [0.2, 0.25) is 5.91 Å². The average Bonchev–Trinajstić information content (AvgIpc) is 2.92. The smallest absolute Gasteiger partial charge is 0.244 e. The minimum atomic E-state index is -0.133. The Kier molecular flexibility index (Phi) is 4.81. The third-order valence-electron chi connectivity index (χ3n) is 4.82. The zero-order chi connectivity index (χ0) is 19.5. The van der Waals surface area contributed by atoms with Crippen LogP contribution in [0.4, 0.5) is 0 Å². The molecule has 1 aliphatic rings. The predicted octanol–water partition coefficient (Wildman–Crippen LogP) is 4.04. The molecule has 0 bridgehead atoms. The van der Waals surface area contributed by atoms with Gasteiger partial charge in [-0.3, -0.25) is 4.79 Å². The van der Waals surface area contributed by atoms with Crippen LogP contribution in [0.1, 0.15) is 11.1 Å². The van der Waals surface area contributed by atoms with E-state index < -0.39 is 0 Å². The quantitative estimate of drug-likeness (QED) is 0.752. The first-order valence-electron chi connectivity index (χ1n) is 8.97. The van der Waals surface area contributed by atoms with Crippen molar-refractivity contribution in [2.75, 3.05) is 14.2 Å². The second-order valence-electron chi connectivity index (χ2n) is 6.47. The van der Waals surface area contributed by atoms with Crippen LogP contribution in [-0.4, -0.2) is 26.3 Å². The second-order valence-corrected chi connectivity index (χ2v) is 6.47. The number of nitrogens with one attached hydrogen (secondary N) is 1. The van der Waals surface area contributed by atoms with E-state index >= 15 is 0 Å². The SMILES string of the molecule is COc1ccccc1-c1cc2c(cc1-c1ccccc1OC)CC(=O)NN=C2. The molecule has 3 aromatic carbocycles. The lowest BCUT2D eigenvalue weighted by atomic mass is 9.88. The van der Waals surface area contributed by atoms with E-state index in [1.54, 1.807) is 20.4 Å². The number of hydrogen-bond acceptors (Lipinski definition) is 4. The van der Waals surface area contributed by atoms with Gasteiger partial charge in [-0.25, -0.2) is 5.43 Å². The molecular formula is C23H20N2O3. The highest BCUT2D eigenvalue weighted by Gasteiger charge is 2.19. The minimum Gasteiger partial charge on any atom is -0.496 e. The van der Waals surface area contributed by atoms with Crippen molar-refractivity contribution in [2.24, 2.45) is 5.10 Å². The van der Waals surface area contributed by atoms with E-state index in [-0.39, 0.29) is 12.3 Å². The molecule has 0 atom stereocenters. The van der Waals surface area contributed by atoms with Crippen LogP contribution in [0.5, 0.6) is 11.5 Å². The normalized spacial score (nSPS) is 12.7. The lowest BCUT2D eigenvalue weighted by Crippen LogP contribution is -2.17. The van der Waals surface area contributed by atoms with E-state index in [2.05, 4.69) is 16.6 Å². The van der Waals surface area contributed by atoms with Crippen molar-refractivity contribution in [1.82, 2.24) is 5.43 Å². The van der Waals surface area contributed by atoms with Crippen molar-refractivity contribution in [3.63, 3.8) is 0 Å². The first kappa shape index (κ1) is 17.8. The van der Waals surface area contributed by atoms with Crippen LogP contribution in [0, 0.1) is 0 Å². The Balaban J connectivity index is 2.03. The molecule has 4 rings (SSSR count). The highest BCUT2D eigenvalue weighted by Crippen LogP contribution is 2.41. The summed E-state index contributed by atoms with van der Waals surface area (Å²) < 4.78 is 11.2. The fourth-order valence-electron chi connectivity index (χ4n) is 3.50. The van der Waals surface area contributed by atoms with E-state index in [1.807, 2.05) is 54.6 Å². The van der Waals surface area contributed by atoms with Gasteiger partial charge in [0.15, 0.2) is 0 Å². The average molecular weight is 372 g/mol. The van der Waals surface area contributed by atoms with Crippen LogP contribution in [0.3, 0.4) is 0 Å². The van der Waals surface area contributed by atoms with Crippen molar-refractivity contribution in [3.05, 3.63) is 71.8 Å². The molecule has 140 valence electrons. The van der Waals surface area contributed by atoms with Crippen molar-refractivity contribution in [3.8, 4) is 33.8 Å². The fourth-order valence-corrected chi connectivity index (χ4v) is 3.50. The summed E-state index contributed by atoms with van der Waals surface area (Å²) in [7, 11) is 3.32. The number of rotatable bonds is 4. The van der Waals surface area contributed by atoms with Crippen LogP contribution >= 0.6 is 0 Å². The van der Waals surface area contributed by atoms with Gasteiger partial charge in [0.05, 0.1) is 26.9 Å². The molecule has 0 saturated carbocycles. The summed E-state index contributed by atoms with van der Waals surface area (Å²) in [6.45, 7) is 0. The van der Waals surface area contributed by atoms with Gasteiger partial charge < -0.3 is 9.47 Å². The van der Waals surface area contributed by atoms with Crippen molar-refractivity contribution in [1.29, 1.82) is 0 Å². The van der Waals surface area contributed by atoms with Gasteiger partial charge >= 0.3 is 0 Å². The van der Waals surface area contributed by atoms with Crippen LogP contribution in [0.15, 0.2) is 65.8 Å². The summed E-state index contributed by atoms with van der Waals surface area (Å²) in [6, 6.07) is 19.9. The Morgan fingerprint density at radius 1 is 0.821 bits per heavy atom. The molecule has 5 heteroatoms. The molecule has 28 heavy (non-hydrogen) atoms. The number of carbonyl (C=O) groups excluding carboxylic acids is 1. The number of hydrogen-bond donors (Lipinski definition) is 1. The van der Waals surface area contributed by atoms with Crippen molar-refractivity contribution in [2.45, 2.75) is 6.42 Å². The summed E-state index contributed by atoms with van der Waals surface area (Å²) in [5.74, 6) is 1.41. The van der Waals surface area contributed by atoms with E-state index in [9.17, 15) is 4.79 Å². The number of benzene rings is 3. The molecule has 0 fully saturated rings. The molecule has 0 spiro atoms. The Morgan fingerprint density at radius 2 is 1.39 bits per heavy atom. The first-order valence-corrected chi connectivity index (χ1v) is 8.97. The molecule has 1 aliphatic heterocycles. The van der Waals surface area contributed by atoms with E-state index in [0.717, 1.165) is 44.9 Å². The van der Waals surface area contributed by atoms with Crippen molar-refractivity contribution >= 4 is 12.1 Å². The largest absolute Gasteiger partial charge is 0.496 e. The lowest BCUT2D eigenvalue weighted by molar-refractivity contribution is -0.120. The van der Waals surface area contributed by atoms with Crippen molar-refractivity contribution < 1.29 is 14.3 Å². The Hall–Kier alpha value is -3.60. The number of fused-ring (bicyclic) bond motifs is 1. The third kappa shape index (κ3) is 3.22. The maximum atomic E-state index is 12.0. The maximum absolute atomic E-state index is 12.0. The summed E-state index contributed by atoms with van der Waals surface area (Å²) in [5.41, 5.74) is 8.23. The van der Waals surface area contributed by atoms with Crippen LogP contribution in [0.25, 0.3) is 22.3 Å². The Labute approximate surface area is 163 Å². The summed E-state index contributed by atoms with van der Waals surface area (Å²) in [6.07, 6.45) is 1.95. The van der Waals surface area contributed by atoms with Gasteiger partial charge in [-0.2, -0.15) is 5.10 Å². The van der Waals surface area contributed by atoms with Gasteiger partial charge in [0.1, 0.15) is 11.5 Å². The highest BCUT2D eigenvalue weighted by molar-refractivity contribution is 5.96. The van der Waals surface area contributed by atoms with Gasteiger partial charge in [0.25, 0.3) is 0 Å². The van der Waals surface area contributed by atoms with E-state index in [1.165, 1.54) is 0 Å². The molecule has 0 unspecified atom stereocenters. The molecule has 1 N–H and O–H groups in total. The second kappa shape index (κ2) is 7.56.